The number of methoxy groups -OCH3 is 1. The molecular weight excluding hydrogens is 278 g/mol. The van der Waals surface area contributed by atoms with Crippen LogP contribution in [0.3, 0.4) is 0 Å². The van der Waals surface area contributed by atoms with Crippen molar-refractivity contribution in [3.05, 3.63) is 17.0 Å². The van der Waals surface area contributed by atoms with Gasteiger partial charge in [-0.15, -0.1) is 0 Å². The van der Waals surface area contributed by atoms with Gasteiger partial charge in [-0.3, -0.25) is 9.59 Å². The zero-order chi connectivity index (χ0) is 16.0. The van der Waals surface area contributed by atoms with Crippen LogP contribution in [0.2, 0.25) is 0 Å². The highest BCUT2D eigenvalue weighted by molar-refractivity contribution is 5.98. The number of hydrogen-bond donors (Lipinski definition) is 2. The zero-order valence-electron chi connectivity index (χ0n) is 12.3. The van der Waals surface area contributed by atoms with Gasteiger partial charge in [0, 0.05) is 6.42 Å². The van der Waals surface area contributed by atoms with Crippen LogP contribution in [-0.2, 0) is 14.3 Å². The van der Waals surface area contributed by atoms with Crippen molar-refractivity contribution in [1.29, 1.82) is 0 Å². The molecule has 0 aliphatic heterocycles. The van der Waals surface area contributed by atoms with Crippen LogP contribution in [0.25, 0.3) is 0 Å². The molecule has 8 heteroatoms. The summed E-state index contributed by atoms with van der Waals surface area (Å²) < 4.78 is 9.52. The van der Waals surface area contributed by atoms with Gasteiger partial charge in [-0.25, -0.2) is 4.79 Å². The summed E-state index contributed by atoms with van der Waals surface area (Å²) in [4.78, 5) is 35.1. The average molecular weight is 297 g/mol. The molecule has 8 nitrogen and oxygen atoms in total. The van der Waals surface area contributed by atoms with Crippen LogP contribution < -0.4 is 11.1 Å². The molecule has 116 valence electrons. The largest absolute Gasteiger partial charge is 0.467 e. The molecule has 0 bridgehead atoms. The van der Waals surface area contributed by atoms with Crippen molar-refractivity contribution in [1.82, 2.24) is 10.5 Å². The highest BCUT2D eigenvalue weighted by Gasteiger charge is 2.25. The predicted molar refractivity (Wildman–Crippen MR) is 72.5 cm³/mol. The van der Waals surface area contributed by atoms with Crippen molar-refractivity contribution in [3.8, 4) is 0 Å². The smallest absolute Gasteiger partial charge is 0.328 e. The van der Waals surface area contributed by atoms with E-state index in [9.17, 15) is 14.4 Å². The molecule has 21 heavy (non-hydrogen) atoms. The Morgan fingerprint density at radius 3 is 2.52 bits per heavy atom. The maximum Gasteiger partial charge on any atom is 0.328 e. The molecule has 1 aromatic rings. The fourth-order valence-corrected chi connectivity index (χ4v) is 1.84. The minimum Gasteiger partial charge on any atom is -0.467 e. The van der Waals surface area contributed by atoms with Gasteiger partial charge in [0.1, 0.15) is 23.1 Å². The van der Waals surface area contributed by atoms with Gasteiger partial charge >= 0.3 is 5.97 Å². The van der Waals surface area contributed by atoms with Gasteiger partial charge in [0.15, 0.2) is 0 Å². The van der Waals surface area contributed by atoms with Gasteiger partial charge in [0.25, 0.3) is 5.91 Å². The molecule has 0 aliphatic carbocycles. The second kappa shape index (κ2) is 7.53. The number of rotatable bonds is 7. The van der Waals surface area contributed by atoms with E-state index < -0.39 is 17.9 Å². The van der Waals surface area contributed by atoms with E-state index in [1.165, 1.54) is 7.11 Å². The van der Waals surface area contributed by atoms with Crippen molar-refractivity contribution in [3.63, 3.8) is 0 Å². The van der Waals surface area contributed by atoms with Gasteiger partial charge in [0.2, 0.25) is 0 Å². The number of esters is 1. The summed E-state index contributed by atoms with van der Waals surface area (Å²) in [6, 6.07) is -0.924. The monoisotopic (exact) mass is 297 g/mol. The number of aromatic nitrogens is 1. The number of aryl methyl sites for hydroxylation is 2. The quantitative estimate of drug-likeness (QED) is 0.671. The zero-order valence-corrected chi connectivity index (χ0v) is 12.3. The number of Topliss-reactive ketones (excluding diaryl/α,β-unsaturated/α-hetero) is 1. The van der Waals surface area contributed by atoms with Gasteiger partial charge in [-0.05, 0) is 20.3 Å². The fourth-order valence-electron chi connectivity index (χ4n) is 1.84. The predicted octanol–water partition coefficient (Wildman–Crippen LogP) is -0.129. The first-order valence-electron chi connectivity index (χ1n) is 6.44. The lowest BCUT2D eigenvalue weighted by molar-refractivity contribution is -0.143. The first kappa shape index (κ1) is 16.8. The molecule has 0 spiro atoms. The number of nitrogens with zero attached hydrogens (tertiary/aromatic N) is 1. The Morgan fingerprint density at radius 2 is 2.05 bits per heavy atom. The second-order valence-corrected chi connectivity index (χ2v) is 4.53. The third kappa shape index (κ3) is 4.38. The highest BCUT2D eigenvalue weighted by atomic mass is 16.5. The van der Waals surface area contributed by atoms with E-state index >= 15 is 0 Å². The Hall–Kier alpha value is -2.22. The van der Waals surface area contributed by atoms with Crippen LogP contribution in [0, 0.1) is 13.8 Å². The first-order valence-corrected chi connectivity index (χ1v) is 6.44. The van der Waals surface area contributed by atoms with E-state index in [-0.39, 0.29) is 30.7 Å². The lowest BCUT2D eigenvalue weighted by atomic mass is 10.1. The molecule has 1 heterocycles. The molecule has 1 amide bonds. The summed E-state index contributed by atoms with van der Waals surface area (Å²) in [7, 11) is 1.21. The maximum absolute atomic E-state index is 12.2. The molecule has 0 saturated heterocycles. The minimum atomic E-state index is -0.924. The number of ketones is 1. The molecule has 0 fully saturated rings. The second-order valence-electron chi connectivity index (χ2n) is 4.53. The fraction of sp³-hybridized carbons (Fsp3) is 0.538. The molecule has 3 N–H and O–H groups in total. The molecule has 0 radical (unpaired) electrons. The third-order valence-corrected chi connectivity index (χ3v) is 2.99. The molecule has 0 saturated carbocycles. The summed E-state index contributed by atoms with van der Waals surface area (Å²) in [6.45, 7) is 3.11. The standard InChI is InChI=1S/C13H19N3O5/c1-7-11(8(2)21-16-7)12(18)15-10(13(19)20-3)5-4-9(17)6-14/h10H,4-6,14H2,1-3H3,(H,15,18)/t10-/m0/s1. The first-order chi connectivity index (χ1) is 9.90. The molecule has 0 aliphatic rings. The van der Waals surface area contributed by atoms with Crippen LogP contribution in [0.5, 0.6) is 0 Å². The van der Waals surface area contributed by atoms with E-state index in [0.29, 0.717) is 11.5 Å². The summed E-state index contributed by atoms with van der Waals surface area (Å²) in [5.41, 5.74) is 5.91. The number of nitrogens with two attached hydrogens (primary N) is 1. The summed E-state index contributed by atoms with van der Waals surface area (Å²) in [5.74, 6) is -0.969. The van der Waals surface area contributed by atoms with Crippen LogP contribution in [0.4, 0.5) is 0 Å². The lowest BCUT2D eigenvalue weighted by Gasteiger charge is -2.15. The van der Waals surface area contributed by atoms with Crippen LogP contribution in [0.15, 0.2) is 4.52 Å². The SMILES string of the molecule is COC(=O)[C@H](CCC(=O)CN)NC(=O)c1c(C)noc1C. The van der Waals surface area contributed by atoms with Gasteiger partial charge < -0.3 is 20.3 Å². The van der Waals surface area contributed by atoms with Crippen LogP contribution in [-0.4, -0.2) is 42.5 Å². The van der Waals surface area contributed by atoms with E-state index in [4.69, 9.17) is 10.3 Å². The van der Waals surface area contributed by atoms with Crippen LogP contribution >= 0.6 is 0 Å². The average Bonchev–Trinajstić information content (AvgIpc) is 2.81. The number of carbonyl (C=O) groups is 3. The number of ether oxygens (including phenoxy) is 1. The Kier molecular flexibility index (Phi) is 6.04. The Morgan fingerprint density at radius 1 is 1.38 bits per heavy atom. The van der Waals surface area contributed by atoms with E-state index in [1.807, 2.05) is 0 Å². The number of hydrogen-bond acceptors (Lipinski definition) is 7. The normalized spacial score (nSPS) is 11.8. The summed E-state index contributed by atoms with van der Waals surface area (Å²) in [5, 5.41) is 6.20. The van der Waals surface area contributed by atoms with Gasteiger partial charge in [-0.1, -0.05) is 5.16 Å². The minimum absolute atomic E-state index is 0.0815. The summed E-state index contributed by atoms with van der Waals surface area (Å²) in [6.07, 6.45) is 0.204. The Bertz CT molecular complexity index is 518. The van der Waals surface area contributed by atoms with E-state index in [1.54, 1.807) is 13.8 Å². The molecular formula is C13H19N3O5. The topological polar surface area (TPSA) is 125 Å². The number of carbonyl (C=O) groups excluding carboxylic acids is 3. The molecule has 1 aromatic heterocycles. The lowest BCUT2D eigenvalue weighted by Crippen LogP contribution is -2.42. The van der Waals surface area contributed by atoms with Crippen molar-refractivity contribution >= 4 is 17.7 Å². The number of nitrogens with one attached hydrogen (secondary N) is 1. The molecule has 0 unspecified atom stereocenters. The molecule has 1 atom stereocenters. The van der Waals surface area contributed by atoms with Gasteiger partial charge in [-0.2, -0.15) is 0 Å². The molecule has 1 rings (SSSR count). The van der Waals surface area contributed by atoms with Crippen molar-refractivity contribution in [2.75, 3.05) is 13.7 Å². The van der Waals surface area contributed by atoms with Crippen LogP contribution in [0.1, 0.15) is 34.7 Å². The van der Waals surface area contributed by atoms with E-state index in [2.05, 4.69) is 15.2 Å². The van der Waals surface area contributed by atoms with Crippen molar-refractivity contribution < 1.29 is 23.6 Å². The number of amides is 1. The Labute approximate surface area is 122 Å². The highest BCUT2D eigenvalue weighted by Crippen LogP contribution is 2.13. The third-order valence-electron chi connectivity index (χ3n) is 2.99. The summed E-state index contributed by atoms with van der Waals surface area (Å²) >= 11 is 0. The molecule has 0 aromatic carbocycles. The van der Waals surface area contributed by atoms with Gasteiger partial charge in [0.05, 0.1) is 19.3 Å². The van der Waals surface area contributed by atoms with Crippen molar-refractivity contribution in [2.45, 2.75) is 32.7 Å². The Balaban J connectivity index is 2.79. The van der Waals surface area contributed by atoms with E-state index in [0.717, 1.165) is 0 Å². The maximum atomic E-state index is 12.2. The van der Waals surface area contributed by atoms with Crippen molar-refractivity contribution in [2.24, 2.45) is 5.73 Å².